The Morgan fingerprint density at radius 3 is 2.78 bits per heavy atom. The summed E-state index contributed by atoms with van der Waals surface area (Å²) >= 11 is 3.24. The third kappa shape index (κ3) is 3.51. The lowest BCUT2D eigenvalue weighted by molar-refractivity contribution is 0.0739. The van der Waals surface area contributed by atoms with E-state index in [-0.39, 0.29) is 5.91 Å². The molecule has 0 saturated carbocycles. The van der Waals surface area contributed by atoms with E-state index in [0.717, 1.165) is 38.9 Å². The number of amides is 1. The van der Waals surface area contributed by atoms with Crippen LogP contribution in [0.2, 0.25) is 0 Å². The summed E-state index contributed by atoms with van der Waals surface area (Å²) in [5, 5.41) is 6.68. The lowest BCUT2D eigenvalue weighted by Gasteiger charge is -2.27. The summed E-state index contributed by atoms with van der Waals surface area (Å²) in [5.41, 5.74) is 3.96. The van der Waals surface area contributed by atoms with Crippen molar-refractivity contribution < 1.29 is 4.79 Å². The number of carbonyl (C=O) groups excluding carboxylic acids is 1. The van der Waals surface area contributed by atoms with E-state index in [0.29, 0.717) is 19.5 Å². The Morgan fingerprint density at radius 2 is 1.94 bits per heavy atom. The van der Waals surface area contributed by atoms with Gasteiger partial charge in [-0.15, -0.1) is 27.8 Å². The van der Waals surface area contributed by atoms with Crippen LogP contribution in [0.15, 0.2) is 66.3 Å². The Kier molecular flexibility index (Phi) is 4.81. The van der Waals surface area contributed by atoms with Gasteiger partial charge in [0.2, 0.25) is 0 Å². The normalized spacial score (nSPS) is 13.4. The van der Waals surface area contributed by atoms with Crippen molar-refractivity contribution in [1.82, 2.24) is 24.5 Å². The zero-order valence-electron chi connectivity index (χ0n) is 17.1. The quantitative estimate of drug-likeness (QED) is 0.392. The van der Waals surface area contributed by atoms with Crippen LogP contribution in [0, 0.1) is 0 Å². The molecule has 6 nitrogen and oxygen atoms in total. The van der Waals surface area contributed by atoms with Crippen molar-refractivity contribution in [1.29, 1.82) is 0 Å². The van der Waals surface area contributed by atoms with Gasteiger partial charge >= 0.3 is 0 Å². The van der Waals surface area contributed by atoms with E-state index in [1.54, 1.807) is 33.5 Å². The Balaban J connectivity index is 1.27. The van der Waals surface area contributed by atoms with Crippen LogP contribution in [-0.4, -0.2) is 36.9 Å². The molecule has 6 rings (SSSR count). The minimum absolute atomic E-state index is 0.0643. The average Bonchev–Trinajstić information content (AvgIpc) is 3.59. The molecule has 1 amide bonds. The molecule has 0 unspecified atom stereocenters. The lowest BCUT2D eigenvalue weighted by atomic mass is 10.1. The van der Waals surface area contributed by atoms with E-state index < -0.39 is 0 Å². The summed E-state index contributed by atoms with van der Waals surface area (Å²) < 4.78 is 1.74. The van der Waals surface area contributed by atoms with Gasteiger partial charge in [-0.3, -0.25) is 4.79 Å². The maximum Gasteiger partial charge on any atom is 0.264 e. The average molecular weight is 458 g/mol. The van der Waals surface area contributed by atoms with E-state index in [1.165, 1.54) is 10.4 Å². The highest BCUT2D eigenvalue weighted by Crippen LogP contribution is 2.33. The minimum atomic E-state index is 0.0643. The predicted octanol–water partition coefficient (Wildman–Crippen LogP) is 4.70. The van der Waals surface area contributed by atoms with Gasteiger partial charge in [0, 0.05) is 34.7 Å². The first-order valence-electron chi connectivity index (χ1n) is 10.4. The molecule has 32 heavy (non-hydrogen) atoms. The van der Waals surface area contributed by atoms with Crippen LogP contribution in [0.25, 0.3) is 15.4 Å². The van der Waals surface area contributed by atoms with E-state index >= 15 is 0 Å². The fourth-order valence-corrected chi connectivity index (χ4v) is 5.87. The number of benzene rings is 1. The molecule has 5 heterocycles. The molecule has 5 aromatic rings. The first kappa shape index (κ1) is 19.3. The smallest absolute Gasteiger partial charge is 0.264 e. The number of fused-ring (bicyclic) bond motifs is 3. The summed E-state index contributed by atoms with van der Waals surface area (Å²) in [6, 6.07) is 18.3. The van der Waals surface area contributed by atoms with E-state index in [4.69, 9.17) is 4.98 Å². The third-order valence-electron chi connectivity index (χ3n) is 5.66. The van der Waals surface area contributed by atoms with Gasteiger partial charge in [0.25, 0.3) is 5.91 Å². The monoisotopic (exact) mass is 457 g/mol. The maximum atomic E-state index is 13.3. The van der Waals surface area contributed by atoms with Crippen LogP contribution in [0.5, 0.6) is 0 Å². The molecule has 1 aromatic carbocycles. The minimum Gasteiger partial charge on any atom is -0.333 e. The zero-order chi connectivity index (χ0) is 21.5. The summed E-state index contributed by atoms with van der Waals surface area (Å²) in [4.78, 5) is 27.6. The number of rotatable bonds is 4. The van der Waals surface area contributed by atoms with Gasteiger partial charge in [0.1, 0.15) is 6.33 Å². The molecule has 0 N–H and O–H groups in total. The highest BCUT2D eigenvalue weighted by molar-refractivity contribution is 7.22. The molecular formula is C24H19N5OS2. The summed E-state index contributed by atoms with van der Waals surface area (Å²) in [7, 11) is 0. The van der Waals surface area contributed by atoms with Gasteiger partial charge in [0.05, 0.1) is 17.1 Å². The number of aromatic nitrogens is 4. The summed E-state index contributed by atoms with van der Waals surface area (Å²) in [6.45, 7) is 1.16. The molecule has 1 aliphatic rings. The second kappa shape index (κ2) is 7.96. The van der Waals surface area contributed by atoms with Crippen LogP contribution in [-0.2, 0) is 19.4 Å². The highest BCUT2D eigenvalue weighted by Gasteiger charge is 2.26. The molecule has 0 saturated heterocycles. The van der Waals surface area contributed by atoms with E-state index in [2.05, 4.69) is 33.7 Å². The van der Waals surface area contributed by atoms with Crippen LogP contribution in [0.1, 0.15) is 32.3 Å². The molecular weight excluding hydrogens is 438 g/mol. The fourth-order valence-electron chi connectivity index (χ4n) is 4.06. The van der Waals surface area contributed by atoms with Crippen molar-refractivity contribution in [2.45, 2.75) is 19.4 Å². The second-order valence-electron chi connectivity index (χ2n) is 7.75. The van der Waals surface area contributed by atoms with E-state index in [1.807, 2.05) is 41.3 Å². The largest absolute Gasteiger partial charge is 0.333 e. The maximum absolute atomic E-state index is 13.3. The van der Waals surface area contributed by atoms with Crippen LogP contribution < -0.4 is 0 Å². The topological polar surface area (TPSA) is 63.4 Å². The molecule has 0 aliphatic carbocycles. The Bertz CT molecular complexity index is 1410. The first-order chi connectivity index (χ1) is 15.7. The standard InChI is InChI=1S/C24H19N5OS2/c30-24(21-9-8-20(32-21)19-7-4-12-31-19)28-11-10-18-17(14-28)23-26-22(27-29(23)15-25-18)13-16-5-2-1-3-6-16/h1-9,12,15H,10-11,13-14H2. The number of thiophene rings is 2. The van der Waals surface area contributed by atoms with Crippen molar-refractivity contribution in [3.05, 3.63) is 93.8 Å². The van der Waals surface area contributed by atoms with Gasteiger partial charge in [0.15, 0.2) is 11.5 Å². The van der Waals surface area contributed by atoms with Crippen molar-refractivity contribution in [2.24, 2.45) is 0 Å². The molecule has 0 spiro atoms. The lowest BCUT2D eigenvalue weighted by Crippen LogP contribution is -2.36. The summed E-state index contributed by atoms with van der Waals surface area (Å²) in [5.74, 6) is 0.822. The van der Waals surface area contributed by atoms with Gasteiger partial charge in [-0.05, 0) is 29.1 Å². The van der Waals surface area contributed by atoms with Gasteiger partial charge in [-0.2, -0.15) is 0 Å². The van der Waals surface area contributed by atoms with Crippen molar-refractivity contribution in [3.8, 4) is 9.75 Å². The first-order valence-corrected chi connectivity index (χ1v) is 12.1. The predicted molar refractivity (Wildman–Crippen MR) is 126 cm³/mol. The third-order valence-corrected chi connectivity index (χ3v) is 7.80. The highest BCUT2D eigenvalue weighted by atomic mass is 32.1. The Hall–Kier alpha value is -3.36. The number of nitrogens with zero attached hydrogens (tertiary/aromatic N) is 5. The SMILES string of the molecule is O=C(c1ccc(-c2cccs2)s1)N1CCc2ncn3nc(Cc4ccccc4)nc3c2C1. The molecule has 8 heteroatoms. The van der Waals surface area contributed by atoms with Crippen LogP contribution in [0.3, 0.4) is 0 Å². The van der Waals surface area contributed by atoms with Gasteiger partial charge in [-0.1, -0.05) is 36.4 Å². The molecule has 1 aliphatic heterocycles. The number of carbonyl (C=O) groups is 1. The van der Waals surface area contributed by atoms with Crippen molar-refractivity contribution in [3.63, 3.8) is 0 Å². The van der Waals surface area contributed by atoms with Crippen molar-refractivity contribution >= 4 is 34.2 Å². The Morgan fingerprint density at radius 1 is 1.03 bits per heavy atom. The molecule has 0 bridgehead atoms. The molecule has 0 radical (unpaired) electrons. The molecule has 0 atom stereocenters. The second-order valence-corrected chi connectivity index (χ2v) is 9.78. The van der Waals surface area contributed by atoms with Crippen LogP contribution in [0.4, 0.5) is 0 Å². The molecule has 4 aromatic heterocycles. The van der Waals surface area contributed by atoms with Crippen molar-refractivity contribution in [2.75, 3.05) is 6.54 Å². The fraction of sp³-hybridized carbons (Fsp3) is 0.167. The zero-order valence-corrected chi connectivity index (χ0v) is 18.8. The van der Waals surface area contributed by atoms with Crippen LogP contribution >= 0.6 is 22.7 Å². The summed E-state index contributed by atoms with van der Waals surface area (Å²) in [6.07, 6.45) is 3.13. The molecule has 158 valence electrons. The number of hydrogen-bond donors (Lipinski definition) is 0. The van der Waals surface area contributed by atoms with Gasteiger partial charge in [-0.25, -0.2) is 14.5 Å². The van der Waals surface area contributed by atoms with E-state index in [9.17, 15) is 4.79 Å². The number of hydrogen-bond acceptors (Lipinski definition) is 6. The Labute approximate surface area is 192 Å². The molecule has 0 fully saturated rings. The van der Waals surface area contributed by atoms with Gasteiger partial charge < -0.3 is 4.90 Å².